The first kappa shape index (κ1) is 44.4. The molecule has 0 heterocycles. The summed E-state index contributed by atoms with van der Waals surface area (Å²) >= 11 is 0. The molecule has 1 amide bonds. The van der Waals surface area contributed by atoms with E-state index in [1.54, 1.807) is 4.90 Å². The molecule has 272 valence electrons. The van der Waals surface area contributed by atoms with Crippen molar-refractivity contribution in [3.05, 3.63) is 0 Å². The normalized spacial score (nSPS) is 11.2. The number of amides is 1. The van der Waals surface area contributed by atoms with E-state index in [1.165, 1.54) is 116 Å². The molecule has 0 bridgehead atoms. The first-order valence-electron chi connectivity index (χ1n) is 19.6. The van der Waals surface area contributed by atoms with Crippen LogP contribution in [0, 0.1) is 0 Å². The number of nitrogens with zero attached hydrogens (tertiary/aromatic N) is 2. The van der Waals surface area contributed by atoms with Gasteiger partial charge in [-0.3, -0.25) is 14.4 Å². The summed E-state index contributed by atoms with van der Waals surface area (Å²) in [4.78, 5) is 41.3. The van der Waals surface area contributed by atoms with Gasteiger partial charge in [-0.05, 0) is 46.3 Å². The van der Waals surface area contributed by atoms with Crippen molar-refractivity contribution < 1.29 is 23.9 Å². The minimum Gasteiger partial charge on any atom is -0.464 e. The molecule has 0 aliphatic rings. The number of esters is 2. The van der Waals surface area contributed by atoms with Crippen molar-refractivity contribution in [3.63, 3.8) is 0 Å². The summed E-state index contributed by atoms with van der Waals surface area (Å²) in [7, 11) is 4.06. The molecule has 46 heavy (non-hydrogen) atoms. The van der Waals surface area contributed by atoms with E-state index in [9.17, 15) is 14.4 Å². The molecule has 0 unspecified atom stereocenters. The number of ether oxygens (including phenoxy) is 2. The molecule has 0 radical (unpaired) electrons. The third kappa shape index (κ3) is 32.3. The fraction of sp³-hybridized carbons (Fsp3) is 0.923. The van der Waals surface area contributed by atoms with Gasteiger partial charge in [-0.2, -0.15) is 0 Å². The van der Waals surface area contributed by atoms with Crippen LogP contribution < -0.4 is 0 Å². The molecular weight excluding hydrogens is 576 g/mol. The molecule has 0 aromatic carbocycles. The van der Waals surface area contributed by atoms with Crippen LogP contribution in [-0.2, 0) is 23.9 Å². The Balaban J connectivity index is 4.15. The quantitative estimate of drug-likeness (QED) is 0.0501. The Morgan fingerprint density at radius 2 is 0.739 bits per heavy atom. The molecule has 7 heteroatoms. The topological polar surface area (TPSA) is 76.1 Å². The molecule has 0 aromatic rings. The first-order chi connectivity index (χ1) is 22.4. The second-order valence-electron chi connectivity index (χ2n) is 13.7. The van der Waals surface area contributed by atoms with Gasteiger partial charge in [0.25, 0.3) is 0 Å². The summed E-state index contributed by atoms with van der Waals surface area (Å²) < 4.78 is 10.9. The van der Waals surface area contributed by atoms with Crippen LogP contribution >= 0.6 is 0 Å². The van der Waals surface area contributed by atoms with E-state index in [2.05, 4.69) is 18.7 Å². The van der Waals surface area contributed by atoms with Gasteiger partial charge in [0.15, 0.2) is 0 Å². The van der Waals surface area contributed by atoms with Crippen LogP contribution in [0.15, 0.2) is 0 Å². The zero-order chi connectivity index (χ0) is 33.9. The zero-order valence-electron chi connectivity index (χ0n) is 31.1. The lowest BCUT2D eigenvalue weighted by Crippen LogP contribution is -2.37. The third-order valence-electron chi connectivity index (χ3n) is 8.82. The highest BCUT2D eigenvalue weighted by Gasteiger charge is 2.15. The number of hydrogen-bond donors (Lipinski definition) is 0. The van der Waals surface area contributed by atoms with E-state index in [4.69, 9.17) is 9.47 Å². The smallest absolute Gasteiger partial charge is 0.305 e. The minimum atomic E-state index is -0.187. The van der Waals surface area contributed by atoms with Gasteiger partial charge < -0.3 is 19.3 Å². The summed E-state index contributed by atoms with van der Waals surface area (Å²) in [6.45, 7) is 6.51. The predicted octanol–water partition coefficient (Wildman–Crippen LogP) is 10.0. The van der Waals surface area contributed by atoms with E-state index in [0.29, 0.717) is 32.4 Å². The van der Waals surface area contributed by atoms with Crippen LogP contribution in [0.2, 0.25) is 0 Å². The van der Waals surface area contributed by atoms with E-state index in [1.807, 2.05) is 14.1 Å². The summed E-state index contributed by atoms with van der Waals surface area (Å²) in [5.74, 6) is -0.345. The predicted molar refractivity (Wildman–Crippen MR) is 193 cm³/mol. The first-order valence-corrected chi connectivity index (χ1v) is 19.6. The van der Waals surface area contributed by atoms with E-state index in [-0.39, 0.29) is 31.1 Å². The van der Waals surface area contributed by atoms with Crippen molar-refractivity contribution in [3.8, 4) is 0 Å². The van der Waals surface area contributed by atoms with E-state index >= 15 is 0 Å². The largest absolute Gasteiger partial charge is 0.464 e. The molecule has 0 rings (SSSR count). The van der Waals surface area contributed by atoms with Gasteiger partial charge in [0.1, 0.15) is 13.2 Å². The Morgan fingerprint density at radius 1 is 0.413 bits per heavy atom. The Bertz CT molecular complexity index is 656. The molecule has 0 aromatic heterocycles. The molecule has 0 saturated heterocycles. The zero-order valence-corrected chi connectivity index (χ0v) is 31.1. The molecule has 0 aliphatic heterocycles. The van der Waals surface area contributed by atoms with Crippen molar-refractivity contribution in [2.45, 2.75) is 187 Å². The number of carbonyl (C=O) groups excluding carboxylic acids is 3. The van der Waals surface area contributed by atoms with Gasteiger partial charge in [0.05, 0.1) is 13.1 Å². The highest BCUT2D eigenvalue weighted by atomic mass is 16.5. The molecule has 0 fully saturated rings. The summed E-state index contributed by atoms with van der Waals surface area (Å²) in [5, 5.41) is 0. The number of unbranched alkanes of at least 4 members (excludes halogenated alkanes) is 21. The van der Waals surface area contributed by atoms with Crippen molar-refractivity contribution in [2.75, 3.05) is 46.9 Å². The molecule has 0 N–H and O–H groups in total. The third-order valence-corrected chi connectivity index (χ3v) is 8.82. The number of rotatable bonds is 35. The van der Waals surface area contributed by atoms with Crippen molar-refractivity contribution in [1.29, 1.82) is 0 Å². The van der Waals surface area contributed by atoms with Gasteiger partial charge in [-0.1, -0.05) is 142 Å². The van der Waals surface area contributed by atoms with E-state index < -0.39 is 0 Å². The van der Waals surface area contributed by atoms with Crippen molar-refractivity contribution >= 4 is 17.8 Å². The fourth-order valence-corrected chi connectivity index (χ4v) is 5.77. The lowest BCUT2D eigenvalue weighted by molar-refractivity contribution is -0.147. The number of carbonyl (C=O) groups is 3. The van der Waals surface area contributed by atoms with Gasteiger partial charge in [-0.25, -0.2) is 0 Å². The summed E-state index contributed by atoms with van der Waals surface area (Å²) in [6, 6.07) is 0. The fourth-order valence-electron chi connectivity index (χ4n) is 5.77. The van der Waals surface area contributed by atoms with Gasteiger partial charge in [-0.15, -0.1) is 0 Å². The summed E-state index contributed by atoms with van der Waals surface area (Å²) in [5.41, 5.74) is 0. The van der Waals surface area contributed by atoms with Crippen LogP contribution in [0.3, 0.4) is 0 Å². The Labute approximate surface area is 285 Å². The monoisotopic (exact) mass is 653 g/mol. The lowest BCUT2D eigenvalue weighted by Gasteiger charge is -2.23. The van der Waals surface area contributed by atoms with Gasteiger partial charge >= 0.3 is 11.9 Å². The van der Waals surface area contributed by atoms with Crippen LogP contribution in [0.5, 0.6) is 0 Å². The number of hydrogen-bond acceptors (Lipinski definition) is 6. The molecular formula is C39H76N2O5. The molecule has 0 saturated carbocycles. The van der Waals surface area contributed by atoms with E-state index in [0.717, 1.165) is 45.1 Å². The van der Waals surface area contributed by atoms with Gasteiger partial charge in [0, 0.05) is 19.3 Å². The van der Waals surface area contributed by atoms with Crippen LogP contribution in [0.1, 0.15) is 187 Å². The van der Waals surface area contributed by atoms with Crippen molar-refractivity contribution in [1.82, 2.24) is 9.80 Å². The standard InChI is InChI=1S/C39H76N2O5/c1-5-7-9-11-13-15-17-19-21-23-25-30-38(43)45-35-33-41(37(42)29-27-28-32-40(3)4)34-36-46-39(44)31-26-24-22-20-18-16-14-12-10-8-6-2/h5-36H2,1-4H3. The Morgan fingerprint density at radius 3 is 1.09 bits per heavy atom. The average Bonchev–Trinajstić information content (AvgIpc) is 3.03. The van der Waals surface area contributed by atoms with Gasteiger partial charge in [0.2, 0.25) is 5.91 Å². The molecule has 0 aliphatic carbocycles. The average molecular weight is 653 g/mol. The van der Waals surface area contributed by atoms with Crippen LogP contribution in [0.25, 0.3) is 0 Å². The lowest BCUT2D eigenvalue weighted by atomic mass is 10.1. The highest BCUT2D eigenvalue weighted by Crippen LogP contribution is 2.14. The molecule has 7 nitrogen and oxygen atoms in total. The maximum Gasteiger partial charge on any atom is 0.305 e. The summed E-state index contributed by atoms with van der Waals surface area (Å²) in [6.07, 6.45) is 30.5. The second kappa shape index (κ2) is 34.7. The molecule has 0 atom stereocenters. The minimum absolute atomic E-state index is 0.0292. The maximum atomic E-state index is 12.9. The molecule has 0 spiro atoms. The Kier molecular flexibility index (Phi) is 33.5. The SMILES string of the molecule is CCCCCCCCCCCCCC(=O)OCCN(CCOC(=O)CCCCCCCCCCCCC)C(=O)CCCCN(C)C. The second-order valence-corrected chi connectivity index (χ2v) is 13.7. The maximum absolute atomic E-state index is 12.9. The highest BCUT2D eigenvalue weighted by molar-refractivity contribution is 5.76. The van der Waals surface area contributed by atoms with Crippen molar-refractivity contribution in [2.24, 2.45) is 0 Å². The van der Waals surface area contributed by atoms with Crippen LogP contribution in [0.4, 0.5) is 0 Å². The van der Waals surface area contributed by atoms with Crippen LogP contribution in [-0.4, -0.2) is 74.6 Å². The Hall–Kier alpha value is -1.63.